The molecule has 2 unspecified atom stereocenters. The molecule has 0 aromatic rings. The second-order valence-electron chi connectivity index (χ2n) is 4.17. The number of carbonyl (C=O) groups excluding carboxylic acids is 1. The van der Waals surface area contributed by atoms with Gasteiger partial charge in [-0.05, 0) is 19.3 Å². The van der Waals surface area contributed by atoms with E-state index in [2.05, 4.69) is 5.32 Å². The molecule has 0 aliphatic heterocycles. The molecule has 3 heteroatoms. The maximum Gasteiger partial charge on any atom is 0.219 e. The maximum absolute atomic E-state index is 11.2. The summed E-state index contributed by atoms with van der Waals surface area (Å²) in [6, 6.07) is 0. The van der Waals surface area contributed by atoms with Crippen LogP contribution < -0.4 is 5.32 Å². The second kappa shape index (κ2) is 6.02. The third-order valence-corrected chi connectivity index (χ3v) is 2.91. The van der Waals surface area contributed by atoms with Crippen molar-refractivity contribution in [2.24, 2.45) is 5.92 Å². The van der Waals surface area contributed by atoms with Gasteiger partial charge in [-0.1, -0.05) is 19.8 Å². The van der Waals surface area contributed by atoms with Gasteiger partial charge in [0.1, 0.15) is 0 Å². The lowest BCUT2D eigenvalue weighted by Gasteiger charge is -2.27. The third-order valence-electron chi connectivity index (χ3n) is 2.91. The molecule has 2 N–H and O–H groups in total. The number of hydrogen-bond acceptors (Lipinski definition) is 2. The zero-order valence-corrected chi connectivity index (χ0v) is 8.96. The summed E-state index contributed by atoms with van der Waals surface area (Å²) in [5, 5.41) is 12.5. The summed E-state index contributed by atoms with van der Waals surface area (Å²) in [5.74, 6) is 0.398. The molecule has 0 bridgehead atoms. The zero-order chi connectivity index (χ0) is 10.4. The Morgan fingerprint density at radius 2 is 2.14 bits per heavy atom. The highest BCUT2D eigenvalue weighted by Gasteiger charge is 2.22. The van der Waals surface area contributed by atoms with E-state index < -0.39 is 0 Å². The van der Waals surface area contributed by atoms with Gasteiger partial charge >= 0.3 is 0 Å². The van der Waals surface area contributed by atoms with Crippen LogP contribution in [0.1, 0.15) is 45.4 Å². The number of hydrogen-bond donors (Lipinski definition) is 2. The van der Waals surface area contributed by atoms with Crippen LogP contribution in [0.15, 0.2) is 0 Å². The Labute approximate surface area is 85.9 Å². The predicted molar refractivity (Wildman–Crippen MR) is 55.9 cm³/mol. The first-order valence-corrected chi connectivity index (χ1v) is 5.68. The number of carbonyl (C=O) groups is 1. The Bertz CT molecular complexity index is 182. The van der Waals surface area contributed by atoms with Crippen molar-refractivity contribution >= 4 is 5.91 Å². The molecule has 2 atom stereocenters. The largest absolute Gasteiger partial charge is 0.393 e. The van der Waals surface area contributed by atoms with E-state index in [0.29, 0.717) is 13.0 Å². The molecule has 0 spiro atoms. The fraction of sp³-hybridized carbons (Fsp3) is 0.909. The van der Waals surface area contributed by atoms with Crippen molar-refractivity contribution in [2.75, 3.05) is 6.54 Å². The first kappa shape index (κ1) is 11.5. The van der Waals surface area contributed by atoms with Crippen LogP contribution in [0.25, 0.3) is 0 Å². The average Bonchev–Trinajstić information content (AvgIpc) is 2.17. The van der Waals surface area contributed by atoms with Gasteiger partial charge in [-0.25, -0.2) is 0 Å². The molecule has 0 saturated heterocycles. The molecule has 1 fully saturated rings. The molecular weight excluding hydrogens is 178 g/mol. The van der Waals surface area contributed by atoms with E-state index in [4.69, 9.17) is 0 Å². The molecular formula is C11H21NO2. The molecule has 1 amide bonds. The highest BCUT2D eigenvalue weighted by Crippen LogP contribution is 2.23. The van der Waals surface area contributed by atoms with E-state index in [0.717, 1.165) is 25.7 Å². The van der Waals surface area contributed by atoms with Crippen LogP contribution >= 0.6 is 0 Å². The van der Waals surface area contributed by atoms with Crippen molar-refractivity contribution in [2.45, 2.75) is 51.6 Å². The quantitative estimate of drug-likeness (QED) is 0.720. The van der Waals surface area contributed by atoms with Crippen LogP contribution in [-0.2, 0) is 4.79 Å². The minimum Gasteiger partial charge on any atom is -0.393 e. The Hall–Kier alpha value is -0.570. The molecule has 0 radical (unpaired) electrons. The van der Waals surface area contributed by atoms with Crippen molar-refractivity contribution in [3.63, 3.8) is 0 Å². The Morgan fingerprint density at radius 3 is 2.79 bits per heavy atom. The van der Waals surface area contributed by atoms with E-state index in [-0.39, 0.29) is 17.9 Å². The van der Waals surface area contributed by atoms with Crippen LogP contribution in [0.5, 0.6) is 0 Å². The lowest BCUT2D eigenvalue weighted by Crippen LogP contribution is -2.36. The number of aliphatic hydroxyl groups excluding tert-OH is 1. The molecule has 1 saturated carbocycles. The van der Waals surface area contributed by atoms with Crippen molar-refractivity contribution in [3.05, 3.63) is 0 Å². The van der Waals surface area contributed by atoms with Gasteiger partial charge in [0.15, 0.2) is 0 Å². The second-order valence-corrected chi connectivity index (χ2v) is 4.17. The molecule has 1 rings (SSSR count). The van der Waals surface area contributed by atoms with E-state index >= 15 is 0 Å². The zero-order valence-electron chi connectivity index (χ0n) is 8.96. The number of amides is 1. The predicted octanol–water partition coefficient (Wildman–Crippen LogP) is 1.45. The van der Waals surface area contributed by atoms with Gasteiger partial charge in [-0.15, -0.1) is 0 Å². The maximum atomic E-state index is 11.2. The van der Waals surface area contributed by atoms with Gasteiger partial charge in [0.2, 0.25) is 5.91 Å². The van der Waals surface area contributed by atoms with Gasteiger partial charge in [0.05, 0.1) is 6.10 Å². The van der Waals surface area contributed by atoms with Crippen LogP contribution in [-0.4, -0.2) is 23.7 Å². The monoisotopic (exact) mass is 199 g/mol. The number of rotatable bonds is 4. The van der Waals surface area contributed by atoms with Crippen LogP contribution in [0.4, 0.5) is 0 Å². The summed E-state index contributed by atoms with van der Waals surface area (Å²) in [5.41, 5.74) is 0. The van der Waals surface area contributed by atoms with Gasteiger partial charge in [0.25, 0.3) is 0 Å². The van der Waals surface area contributed by atoms with E-state index in [1.807, 2.05) is 6.92 Å². The summed E-state index contributed by atoms with van der Waals surface area (Å²) >= 11 is 0. The molecule has 3 nitrogen and oxygen atoms in total. The fourth-order valence-corrected chi connectivity index (χ4v) is 1.99. The first-order valence-electron chi connectivity index (χ1n) is 5.68. The van der Waals surface area contributed by atoms with Gasteiger partial charge in [0, 0.05) is 18.9 Å². The van der Waals surface area contributed by atoms with Gasteiger partial charge in [-0.3, -0.25) is 4.79 Å². The summed E-state index contributed by atoms with van der Waals surface area (Å²) in [6.07, 6.45) is 5.54. The fourth-order valence-electron chi connectivity index (χ4n) is 1.99. The number of nitrogens with one attached hydrogen (secondary N) is 1. The highest BCUT2D eigenvalue weighted by molar-refractivity contribution is 5.75. The smallest absolute Gasteiger partial charge is 0.219 e. The topological polar surface area (TPSA) is 49.3 Å². The minimum atomic E-state index is -0.203. The average molecular weight is 199 g/mol. The van der Waals surface area contributed by atoms with Crippen molar-refractivity contribution in [1.29, 1.82) is 0 Å². The Morgan fingerprint density at radius 1 is 1.43 bits per heavy atom. The molecule has 1 aliphatic rings. The van der Waals surface area contributed by atoms with Crippen LogP contribution in [0, 0.1) is 5.92 Å². The normalized spacial score (nSPS) is 27.3. The lowest BCUT2D eigenvalue weighted by molar-refractivity contribution is -0.121. The van der Waals surface area contributed by atoms with Gasteiger partial charge < -0.3 is 10.4 Å². The molecule has 82 valence electrons. The Balaban J connectivity index is 2.19. The SMILES string of the molecule is CCCC(=O)NCC1CCCCC1O. The third kappa shape index (κ3) is 3.66. The number of aliphatic hydroxyl groups is 1. The Kier molecular flexibility index (Phi) is 4.94. The summed E-state index contributed by atoms with van der Waals surface area (Å²) in [6.45, 7) is 2.65. The standard InChI is InChI=1S/C11H21NO2/c1-2-5-11(14)12-8-9-6-3-4-7-10(9)13/h9-10,13H,2-8H2,1H3,(H,12,14). The molecule has 0 aromatic carbocycles. The molecule has 14 heavy (non-hydrogen) atoms. The lowest BCUT2D eigenvalue weighted by atomic mass is 9.86. The molecule has 0 heterocycles. The van der Waals surface area contributed by atoms with Gasteiger partial charge in [-0.2, -0.15) is 0 Å². The van der Waals surface area contributed by atoms with Crippen molar-refractivity contribution in [3.8, 4) is 0 Å². The summed E-state index contributed by atoms with van der Waals surface area (Å²) in [7, 11) is 0. The first-order chi connectivity index (χ1) is 6.74. The van der Waals surface area contributed by atoms with E-state index in [9.17, 15) is 9.90 Å². The van der Waals surface area contributed by atoms with E-state index in [1.54, 1.807) is 0 Å². The summed E-state index contributed by atoms with van der Waals surface area (Å²) < 4.78 is 0. The van der Waals surface area contributed by atoms with E-state index in [1.165, 1.54) is 6.42 Å². The molecule has 0 aromatic heterocycles. The highest BCUT2D eigenvalue weighted by atomic mass is 16.3. The van der Waals surface area contributed by atoms with Crippen molar-refractivity contribution < 1.29 is 9.90 Å². The molecule has 1 aliphatic carbocycles. The van der Waals surface area contributed by atoms with Crippen LogP contribution in [0.2, 0.25) is 0 Å². The minimum absolute atomic E-state index is 0.116. The van der Waals surface area contributed by atoms with Crippen LogP contribution in [0.3, 0.4) is 0 Å². The van der Waals surface area contributed by atoms with Crippen molar-refractivity contribution in [1.82, 2.24) is 5.32 Å². The summed E-state index contributed by atoms with van der Waals surface area (Å²) in [4.78, 5) is 11.2.